The molecule has 0 bridgehead atoms. The number of ether oxygens (including phenoxy) is 1. The number of benzene rings is 1. The Balaban J connectivity index is 2.78. The molecule has 0 radical (unpaired) electrons. The van der Waals surface area contributed by atoms with Gasteiger partial charge in [-0.2, -0.15) is 0 Å². The van der Waals surface area contributed by atoms with E-state index in [1.807, 2.05) is 0 Å². The van der Waals surface area contributed by atoms with Gasteiger partial charge in [-0.15, -0.1) is 0 Å². The van der Waals surface area contributed by atoms with E-state index in [1.165, 1.54) is 0 Å². The molecule has 0 aromatic heterocycles. The highest BCUT2D eigenvalue weighted by molar-refractivity contribution is 6.40. The van der Waals surface area contributed by atoms with Gasteiger partial charge in [0.05, 0.1) is 6.61 Å². The van der Waals surface area contributed by atoms with E-state index in [4.69, 9.17) is 5.73 Å². The summed E-state index contributed by atoms with van der Waals surface area (Å²) in [5, 5.41) is 0. The van der Waals surface area contributed by atoms with Gasteiger partial charge in [-0.1, -0.05) is 24.3 Å². The zero-order valence-corrected chi connectivity index (χ0v) is 8.53. The first-order valence-electron chi connectivity index (χ1n) is 4.69. The van der Waals surface area contributed by atoms with E-state index in [0.717, 1.165) is 5.56 Å². The van der Waals surface area contributed by atoms with Crippen molar-refractivity contribution in [3.8, 4) is 0 Å². The summed E-state index contributed by atoms with van der Waals surface area (Å²) in [5.41, 5.74) is 6.64. The van der Waals surface area contributed by atoms with Crippen LogP contribution in [0, 0.1) is 0 Å². The number of ketones is 1. The summed E-state index contributed by atoms with van der Waals surface area (Å²) >= 11 is 0. The van der Waals surface area contributed by atoms with Crippen LogP contribution in [0.2, 0.25) is 0 Å². The van der Waals surface area contributed by atoms with E-state index in [0.29, 0.717) is 12.1 Å². The standard InChI is InChI=1S/C11H13NO3/c1-2-15-11(14)10(13)9-5-3-8(7-12)4-6-9/h3-6H,2,7,12H2,1H3. The van der Waals surface area contributed by atoms with Crippen molar-refractivity contribution in [1.82, 2.24) is 0 Å². The van der Waals surface area contributed by atoms with Crippen LogP contribution in [0.15, 0.2) is 24.3 Å². The Morgan fingerprint density at radius 1 is 1.27 bits per heavy atom. The minimum absolute atomic E-state index is 0.200. The molecule has 15 heavy (non-hydrogen) atoms. The Kier molecular flexibility index (Phi) is 4.00. The van der Waals surface area contributed by atoms with E-state index in [-0.39, 0.29) is 6.61 Å². The van der Waals surface area contributed by atoms with Crippen molar-refractivity contribution in [3.05, 3.63) is 35.4 Å². The lowest BCUT2D eigenvalue weighted by atomic mass is 10.1. The number of carbonyl (C=O) groups is 2. The van der Waals surface area contributed by atoms with Gasteiger partial charge < -0.3 is 10.5 Å². The summed E-state index contributed by atoms with van der Waals surface area (Å²) in [6.07, 6.45) is 0. The van der Waals surface area contributed by atoms with Gasteiger partial charge in [-0.25, -0.2) is 4.79 Å². The van der Waals surface area contributed by atoms with Gasteiger partial charge >= 0.3 is 5.97 Å². The number of hydrogen-bond donors (Lipinski definition) is 1. The highest BCUT2D eigenvalue weighted by Crippen LogP contribution is 2.05. The molecule has 0 aliphatic carbocycles. The zero-order valence-electron chi connectivity index (χ0n) is 8.53. The first-order valence-corrected chi connectivity index (χ1v) is 4.69. The van der Waals surface area contributed by atoms with Crippen LogP contribution in [0.1, 0.15) is 22.8 Å². The summed E-state index contributed by atoms with van der Waals surface area (Å²) in [6, 6.07) is 6.57. The summed E-state index contributed by atoms with van der Waals surface area (Å²) in [4.78, 5) is 22.5. The predicted octanol–water partition coefficient (Wildman–Crippen LogP) is 0.891. The molecule has 0 spiro atoms. The Morgan fingerprint density at radius 2 is 1.87 bits per heavy atom. The van der Waals surface area contributed by atoms with E-state index < -0.39 is 11.8 Å². The fourth-order valence-corrected chi connectivity index (χ4v) is 1.11. The van der Waals surface area contributed by atoms with Gasteiger partial charge in [0.15, 0.2) is 0 Å². The van der Waals surface area contributed by atoms with Gasteiger partial charge in [-0.3, -0.25) is 4.79 Å². The van der Waals surface area contributed by atoms with Gasteiger partial charge in [0.2, 0.25) is 0 Å². The molecule has 0 aliphatic rings. The summed E-state index contributed by atoms with van der Waals surface area (Å²) in [5.74, 6) is -1.45. The number of carbonyl (C=O) groups excluding carboxylic acids is 2. The van der Waals surface area contributed by atoms with Gasteiger partial charge in [-0.05, 0) is 12.5 Å². The van der Waals surface area contributed by atoms with Gasteiger partial charge in [0.25, 0.3) is 5.78 Å². The van der Waals surface area contributed by atoms with Gasteiger partial charge in [0, 0.05) is 12.1 Å². The first-order chi connectivity index (χ1) is 7.19. The lowest BCUT2D eigenvalue weighted by molar-refractivity contribution is -0.137. The molecule has 0 saturated carbocycles. The smallest absolute Gasteiger partial charge is 0.379 e. The van der Waals surface area contributed by atoms with Crippen molar-refractivity contribution < 1.29 is 14.3 Å². The molecule has 0 fully saturated rings. The molecule has 0 amide bonds. The van der Waals surface area contributed by atoms with Crippen LogP contribution in [0.4, 0.5) is 0 Å². The lowest BCUT2D eigenvalue weighted by Gasteiger charge is -2.01. The highest BCUT2D eigenvalue weighted by Gasteiger charge is 2.16. The van der Waals surface area contributed by atoms with Crippen molar-refractivity contribution in [2.75, 3.05) is 6.61 Å². The maximum atomic E-state index is 11.4. The first kappa shape index (κ1) is 11.4. The largest absolute Gasteiger partial charge is 0.460 e. The Morgan fingerprint density at radius 3 is 2.33 bits per heavy atom. The molecular weight excluding hydrogens is 194 g/mol. The molecule has 1 aromatic carbocycles. The molecule has 0 saturated heterocycles. The number of Topliss-reactive ketones (excluding diaryl/α,β-unsaturated/α-hetero) is 1. The van der Waals surface area contributed by atoms with Crippen LogP contribution in [0.5, 0.6) is 0 Å². The topological polar surface area (TPSA) is 69.4 Å². The number of nitrogens with two attached hydrogens (primary N) is 1. The highest BCUT2D eigenvalue weighted by atomic mass is 16.5. The minimum Gasteiger partial charge on any atom is -0.460 e. The second kappa shape index (κ2) is 5.26. The van der Waals surface area contributed by atoms with Crippen LogP contribution < -0.4 is 5.73 Å². The third kappa shape index (κ3) is 2.89. The molecule has 0 unspecified atom stereocenters. The summed E-state index contributed by atoms with van der Waals surface area (Å²) < 4.78 is 4.60. The van der Waals surface area contributed by atoms with Crippen LogP contribution in [0.25, 0.3) is 0 Å². The Bertz CT molecular complexity index is 357. The maximum absolute atomic E-state index is 11.4. The number of hydrogen-bond acceptors (Lipinski definition) is 4. The average Bonchev–Trinajstić information content (AvgIpc) is 2.28. The number of rotatable bonds is 4. The van der Waals surface area contributed by atoms with E-state index in [2.05, 4.69) is 4.74 Å². The third-order valence-electron chi connectivity index (χ3n) is 1.91. The molecule has 80 valence electrons. The van der Waals surface area contributed by atoms with Crippen LogP contribution >= 0.6 is 0 Å². The summed E-state index contributed by atoms with van der Waals surface area (Å²) in [7, 11) is 0. The molecule has 0 heterocycles. The fourth-order valence-electron chi connectivity index (χ4n) is 1.11. The second-order valence-corrected chi connectivity index (χ2v) is 2.95. The molecule has 4 heteroatoms. The zero-order chi connectivity index (χ0) is 11.3. The van der Waals surface area contributed by atoms with E-state index in [9.17, 15) is 9.59 Å². The monoisotopic (exact) mass is 207 g/mol. The van der Waals surface area contributed by atoms with Crippen molar-refractivity contribution in [3.63, 3.8) is 0 Å². The van der Waals surface area contributed by atoms with Crippen LogP contribution in [-0.4, -0.2) is 18.4 Å². The lowest BCUT2D eigenvalue weighted by Crippen LogP contribution is -2.17. The SMILES string of the molecule is CCOC(=O)C(=O)c1ccc(CN)cc1. The minimum atomic E-state index is -0.821. The number of esters is 1. The summed E-state index contributed by atoms with van der Waals surface area (Å²) in [6.45, 7) is 2.27. The molecule has 4 nitrogen and oxygen atoms in total. The van der Waals surface area contributed by atoms with Crippen molar-refractivity contribution in [1.29, 1.82) is 0 Å². The second-order valence-electron chi connectivity index (χ2n) is 2.95. The molecule has 0 atom stereocenters. The predicted molar refractivity (Wildman–Crippen MR) is 55.3 cm³/mol. The fraction of sp³-hybridized carbons (Fsp3) is 0.273. The third-order valence-corrected chi connectivity index (χ3v) is 1.91. The molecule has 1 aromatic rings. The quantitative estimate of drug-likeness (QED) is 0.452. The van der Waals surface area contributed by atoms with E-state index in [1.54, 1.807) is 31.2 Å². The average molecular weight is 207 g/mol. The van der Waals surface area contributed by atoms with Crippen molar-refractivity contribution in [2.45, 2.75) is 13.5 Å². The van der Waals surface area contributed by atoms with Crippen molar-refractivity contribution >= 4 is 11.8 Å². The Hall–Kier alpha value is -1.68. The van der Waals surface area contributed by atoms with Crippen LogP contribution in [0.3, 0.4) is 0 Å². The van der Waals surface area contributed by atoms with Crippen LogP contribution in [-0.2, 0) is 16.1 Å². The molecule has 0 aliphatic heterocycles. The normalized spacial score (nSPS) is 9.73. The maximum Gasteiger partial charge on any atom is 0.379 e. The molecular formula is C11H13NO3. The molecule has 2 N–H and O–H groups in total. The van der Waals surface area contributed by atoms with Gasteiger partial charge in [0.1, 0.15) is 0 Å². The van der Waals surface area contributed by atoms with Crippen molar-refractivity contribution in [2.24, 2.45) is 5.73 Å². The molecule has 1 rings (SSSR count). The van der Waals surface area contributed by atoms with E-state index >= 15 is 0 Å². The Labute approximate surface area is 88.0 Å².